The van der Waals surface area contributed by atoms with E-state index in [0.717, 1.165) is 30.0 Å². The molecule has 0 aliphatic carbocycles. The van der Waals surface area contributed by atoms with Crippen molar-refractivity contribution in [3.05, 3.63) is 24.2 Å². The Balaban J connectivity index is 1.83. The van der Waals surface area contributed by atoms with Gasteiger partial charge < -0.3 is 14.2 Å². The zero-order valence-corrected chi connectivity index (χ0v) is 14.5. The summed E-state index contributed by atoms with van der Waals surface area (Å²) < 4.78 is 7.58. The van der Waals surface area contributed by atoms with Crippen molar-refractivity contribution in [3.8, 4) is 0 Å². The first-order chi connectivity index (χ1) is 11.2. The lowest BCUT2D eigenvalue weighted by Gasteiger charge is -2.35. The minimum Gasteiger partial charge on any atom is -0.384 e. The van der Waals surface area contributed by atoms with Crippen LogP contribution in [0.2, 0.25) is 0 Å². The molecule has 1 atom stereocenters. The summed E-state index contributed by atoms with van der Waals surface area (Å²) in [5.41, 5.74) is 2.01. The van der Waals surface area contributed by atoms with Gasteiger partial charge in [0.1, 0.15) is 11.3 Å². The highest BCUT2D eigenvalue weighted by molar-refractivity contribution is 5.71. The first kappa shape index (κ1) is 16.4. The molecular weight excluding hydrogens is 288 g/mol. The van der Waals surface area contributed by atoms with Crippen molar-refractivity contribution in [2.75, 3.05) is 26.8 Å². The first-order valence-corrected chi connectivity index (χ1v) is 8.72. The van der Waals surface area contributed by atoms with Crippen LogP contribution in [-0.4, -0.2) is 52.3 Å². The lowest BCUT2D eigenvalue weighted by Crippen LogP contribution is -2.41. The second kappa shape index (κ2) is 7.41. The van der Waals surface area contributed by atoms with Crippen LogP contribution >= 0.6 is 0 Å². The number of imidazole rings is 1. The molecule has 2 aromatic rings. The fourth-order valence-corrected chi connectivity index (χ4v) is 3.55. The van der Waals surface area contributed by atoms with Crippen LogP contribution in [-0.2, 0) is 17.7 Å². The summed E-state index contributed by atoms with van der Waals surface area (Å²) in [5, 5.41) is 0. The molecule has 1 fully saturated rings. The van der Waals surface area contributed by atoms with E-state index in [-0.39, 0.29) is 0 Å². The number of piperidine rings is 1. The molecule has 3 heterocycles. The largest absolute Gasteiger partial charge is 0.384 e. The summed E-state index contributed by atoms with van der Waals surface area (Å²) in [6, 6.07) is 4.64. The number of aromatic nitrogens is 3. The summed E-state index contributed by atoms with van der Waals surface area (Å²) in [6.45, 7) is 8.70. The Morgan fingerprint density at radius 2 is 2.26 bits per heavy atom. The summed E-state index contributed by atoms with van der Waals surface area (Å²) in [4.78, 5) is 11.9. The highest BCUT2D eigenvalue weighted by Crippen LogP contribution is 2.23. The molecule has 1 unspecified atom stereocenters. The number of likely N-dealkylation sites (tertiary alicyclic amines) is 1. The zero-order chi connectivity index (χ0) is 16.2. The number of rotatable bonds is 6. The minimum atomic E-state index is 0.628. The number of nitrogens with zero attached hydrogens (tertiary/aromatic N) is 4. The van der Waals surface area contributed by atoms with Gasteiger partial charge in [0.25, 0.3) is 0 Å². The van der Waals surface area contributed by atoms with Crippen LogP contribution in [0.3, 0.4) is 0 Å². The minimum absolute atomic E-state index is 0.628. The second-order valence-electron chi connectivity index (χ2n) is 6.82. The van der Waals surface area contributed by atoms with E-state index in [2.05, 4.69) is 34.4 Å². The van der Waals surface area contributed by atoms with Crippen molar-refractivity contribution in [2.45, 2.75) is 45.7 Å². The van der Waals surface area contributed by atoms with Crippen LogP contribution in [0.15, 0.2) is 18.3 Å². The van der Waals surface area contributed by atoms with Crippen molar-refractivity contribution < 1.29 is 4.74 Å². The Morgan fingerprint density at radius 3 is 3.04 bits per heavy atom. The fraction of sp³-hybridized carbons (Fsp3) is 0.667. The van der Waals surface area contributed by atoms with E-state index in [4.69, 9.17) is 9.72 Å². The van der Waals surface area contributed by atoms with E-state index in [9.17, 15) is 0 Å². The van der Waals surface area contributed by atoms with E-state index in [0.29, 0.717) is 18.6 Å². The van der Waals surface area contributed by atoms with E-state index < -0.39 is 0 Å². The predicted octanol–water partition coefficient (Wildman–Crippen LogP) is 2.74. The standard InChI is InChI=1S/C18H28N4O/c1-14(2)21-10-5-6-15(12-21)13-22-17(8-11-23-3)20-16-7-4-9-19-18(16)22/h4,7,9,14-15H,5-6,8,10-13H2,1-3H3. The average Bonchev–Trinajstić information content (AvgIpc) is 2.91. The molecule has 1 aliphatic rings. The number of pyridine rings is 1. The predicted molar refractivity (Wildman–Crippen MR) is 92.5 cm³/mol. The monoisotopic (exact) mass is 316 g/mol. The molecule has 126 valence electrons. The smallest absolute Gasteiger partial charge is 0.159 e. The lowest BCUT2D eigenvalue weighted by molar-refractivity contribution is 0.130. The molecule has 0 saturated carbocycles. The van der Waals surface area contributed by atoms with Crippen LogP contribution in [0.25, 0.3) is 11.2 Å². The number of ether oxygens (including phenoxy) is 1. The van der Waals surface area contributed by atoms with Crippen LogP contribution in [0.1, 0.15) is 32.5 Å². The average molecular weight is 316 g/mol. The van der Waals surface area contributed by atoms with Gasteiger partial charge in [-0.15, -0.1) is 0 Å². The molecule has 1 aliphatic heterocycles. The Morgan fingerprint density at radius 1 is 1.39 bits per heavy atom. The maximum Gasteiger partial charge on any atom is 0.159 e. The van der Waals surface area contributed by atoms with Crippen LogP contribution in [0.5, 0.6) is 0 Å². The van der Waals surface area contributed by atoms with Gasteiger partial charge in [0, 0.05) is 38.9 Å². The summed E-state index contributed by atoms with van der Waals surface area (Å²) in [6.07, 6.45) is 5.28. The number of hydrogen-bond donors (Lipinski definition) is 0. The van der Waals surface area contributed by atoms with E-state index in [1.807, 2.05) is 12.3 Å². The van der Waals surface area contributed by atoms with Gasteiger partial charge in [-0.2, -0.15) is 0 Å². The second-order valence-corrected chi connectivity index (χ2v) is 6.82. The molecule has 0 amide bonds. The maximum atomic E-state index is 5.25. The fourth-order valence-electron chi connectivity index (χ4n) is 3.55. The van der Waals surface area contributed by atoms with Gasteiger partial charge in [0.05, 0.1) is 6.61 Å². The van der Waals surface area contributed by atoms with Gasteiger partial charge in [-0.1, -0.05) is 0 Å². The van der Waals surface area contributed by atoms with E-state index in [1.165, 1.54) is 25.9 Å². The number of methoxy groups -OCH3 is 1. The lowest BCUT2D eigenvalue weighted by atomic mass is 9.97. The van der Waals surface area contributed by atoms with Gasteiger partial charge >= 0.3 is 0 Å². The third-order valence-electron chi connectivity index (χ3n) is 4.83. The molecule has 5 nitrogen and oxygen atoms in total. The Hall–Kier alpha value is -1.46. The third kappa shape index (κ3) is 3.72. The van der Waals surface area contributed by atoms with Gasteiger partial charge in [-0.05, 0) is 51.3 Å². The SMILES string of the molecule is COCCc1nc2cccnc2n1CC1CCCN(C(C)C)C1. The molecule has 0 spiro atoms. The molecule has 1 saturated heterocycles. The molecule has 0 aromatic carbocycles. The van der Waals surface area contributed by atoms with Crippen LogP contribution < -0.4 is 0 Å². The zero-order valence-electron chi connectivity index (χ0n) is 14.5. The topological polar surface area (TPSA) is 43.2 Å². The third-order valence-corrected chi connectivity index (χ3v) is 4.83. The van der Waals surface area contributed by atoms with E-state index >= 15 is 0 Å². The number of fused-ring (bicyclic) bond motifs is 1. The van der Waals surface area contributed by atoms with Crippen molar-refractivity contribution in [1.82, 2.24) is 19.4 Å². The van der Waals surface area contributed by atoms with Crippen molar-refractivity contribution in [2.24, 2.45) is 5.92 Å². The van der Waals surface area contributed by atoms with Gasteiger partial charge in [0.2, 0.25) is 0 Å². The van der Waals surface area contributed by atoms with E-state index in [1.54, 1.807) is 7.11 Å². The van der Waals surface area contributed by atoms with Crippen molar-refractivity contribution in [3.63, 3.8) is 0 Å². The van der Waals surface area contributed by atoms with Gasteiger partial charge in [0.15, 0.2) is 5.65 Å². The Labute approximate surface area is 138 Å². The molecule has 0 N–H and O–H groups in total. The Bertz CT molecular complexity index is 637. The molecule has 23 heavy (non-hydrogen) atoms. The molecule has 5 heteroatoms. The molecule has 0 bridgehead atoms. The molecule has 0 radical (unpaired) electrons. The molecular formula is C18H28N4O. The highest BCUT2D eigenvalue weighted by atomic mass is 16.5. The maximum absolute atomic E-state index is 5.25. The van der Waals surface area contributed by atoms with Crippen molar-refractivity contribution in [1.29, 1.82) is 0 Å². The van der Waals surface area contributed by atoms with Crippen molar-refractivity contribution >= 4 is 11.2 Å². The Kier molecular flexibility index (Phi) is 5.28. The van der Waals surface area contributed by atoms with Crippen LogP contribution in [0, 0.1) is 5.92 Å². The molecule has 2 aromatic heterocycles. The highest BCUT2D eigenvalue weighted by Gasteiger charge is 2.23. The van der Waals surface area contributed by atoms with Gasteiger partial charge in [-0.25, -0.2) is 9.97 Å². The number of hydrogen-bond acceptors (Lipinski definition) is 4. The van der Waals surface area contributed by atoms with Gasteiger partial charge in [-0.3, -0.25) is 0 Å². The molecule has 3 rings (SSSR count). The van der Waals surface area contributed by atoms with Crippen LogP contribution in [0.4, 0.5) is 0 Å². The normalized spacial score (nSPS) is 19.7. The first-order valence-electron chi connectivity index (χ1n) is 8.72. The summed E-state index contributed by atoms with van der Waals surface area (Å²) in [7, 11) is 1.74. The quantitative estimate of drug-likeness (QED) is 0.822. The summed E-state index contributed by atoms with van der Waals surface area (Å²) >= 11 is 0. The summed E-state index contributed by atoms with van der Waals surface area (Å²) in [5.74, 6) is 1.77.